The van der Waals surface area contributed by atoms with Crippen molar-refractivity contribution < 1.29 is 4.74 Å². The van der Waals surface area contributed by atoms with Crippen molar-refractivity contribution in [3.05, 3.63) is 154 Å². The number of rotatable bonds is 1. The Bertz CT molecular complexity index is 1690. The number of fused-ring (bicyclic) bond motifs is 8. The van der Waals surface area contributed by atoms with E-state index in [0.717, 1.165) is 33.8 Å². The first-order valence-electron chi connectivity index (χ1n) is 12.7. The highest BCUT2D eigenvalue weighted by molar-refractivity contribution is 5.81. The lowest BCUT2D eigenvalue weighted by molar-refractivity contribution is 0.427. The van der Waals surface area contributed by atoms with E-state index in [1.54, 1.807) is 0 Å². The number of nitriles is 1. The Morgan fingerprint density at radius 3 is 1.73 bits per heavy atom. The molecule has 5 aromatic carbocycles. The van der Waals surface area contributed by atoms with Crippen molar-refractivity contribution in [2.45, 2.75) is 24.7 Å². The lowest BCUT2D eigenvalue weighted by Gasteiger charge is -2.50. The smallest absolute Gasteiger partial charge is 0.140 e. The van der Waals surface area contributed by atoms with E-state index in [1.165, 1.54) is 22.3 Å². The van der Waals surface area contributed by atoms with Crippen LogP contribution >= 0.6 is 0 Å². The third-order valence-electron chi connectivity index (χ3n) is 8.26. The molecule has 0 radical (unpaired) electrons. The molecule has 0 bridgehead atoms. The summed E-state index contributed by atoms with van der Waals surface area (Å²) in [6.07, 6.45) is 0. The minimum Gasteiger partial charge on any atom is -0.456 e. The first kappa shape index (κ1) is 21.7. The molecule has 2 aliphatic rings. The minimum atomic E-state index is -0.518. The fourth-order valence-corrected chi connectivity index (χ4v) is 6.60. The molecular weight excluding hydrogens is 450 g/mol. The van der Waals surface area contributed by atoms with Crippen LogP contribution in [0, 0.1) is 11.3 Å². The van der Waals surface area contributed by atoms with Gasteiger partial charge in [0.15, 0.2) is 0 Å². The molecule has 0 saturated heterocycles. The van der Waals surface area contributed by atoms with Gasteiger partial charge in [-0.05, 0) is 46.0 Å². The first-order chi connectivity index (χ1) is 18.1. The van der Waals surface area contributed by atoms with Gasteiger partial charge in [0.25, 0.3) is 0 Å². The van der Waals surface area contributed by atoms with Gasteiger partial charge in [-0.2, -0.15) is 5.26 Å². The molecule has 5 aromatic rings. The van der Waals surface area contributed by atoms with Crippen molar-refractivity contribution in [1.29, 1.82) is 5.26 Å². The molecule has 2 heteroatoms. The highest BCUT2D eigenvalue weighted by Crippen LogP contribution is 2.62. The molecule has 1 aliphatic heterocycles. The molecule has 1 aliphatic carbocycles. The van der Waals surface area contributed by atoms with E-state index < -0.39 is 5.41 Å². The molecule has 7 rings (SSSR count). The number of hydrogen-bond donors (Lipinski definition) is 0. The molecule has 1 heterocycles. The Labute approximate surface area is 217 Å². The van der Waals surface area contributed by atoms with Crippen LogP contribution in [0.2, 0.25) is 0 Å². The number of hydrogen-bond acceptors (Lipinski definition) is 2. The average molecular weight is 476 g/mol. The Morgan fingerprint density at radius 2 is 1.11 bits per heavy atom. The van der Waals surface area contributed by atoms with Gasteiger partial charge in [-0.1, -0.05) is 111 Å². The van der Waals surface area contributed by atoms with Crippen molar-refractivity contribution in [2.75, 3.05) is 0 Å². The number of ether oxygens (including phenoxy) is 1. The van der Waals surface area contributed by atoms with E-state index in [1.807, 2.05) is 30.3 Å². The highest BCUT2D eigenvalue weighted by Gasteiger charge is 2.52. The van der Waals surface area contributed by atoms with Crippen LogP contribution in [0.15, 0.2) is 115 Å². The average Bonchev–Trinajstić information content (AvgIpc) is 2.95. The maximum absolute atomic E-state index is 9.32. The minimum absolute atomic E-state index is 0.142. The van der Waals surface area contributed by atoms with E-state index in [-0.39, 0.29) is 5.41 Å². The summed E-state index contributed by atoms with van der Waals surface area (Å²) >= 11 is 0. The van der Waals surface area contributed by atoms with Crippen LogP contribution in [0.25, 0.3) is 11.1 Å². The van der Waals surface area contributed by atoms with Gasteiger partial charge in [-0.25, -0.2) is 0 Å². The summed E-state index contributed by atoms with van der Waals surface area (Å²) < 4.78 is 6.76. The third kappa shape index (κ3) is 2.80. The molecule has 0 amide bonds. The zero-order chi connectivity index (χ0) is 25.2. The topological polar surface area (TPSA) is 33.0 Å². The zero-order valence-electron chi connectivity index (χ0n) is 20.8. The predicted octanol–water partition coefficient (Wildman–Crippen LogP) is 8.35. The summed E-state index contributed by atoms with van der Waals surface area (Å²) in [7, 11) is 0. The van der Waals surface area contributed by atoms with Gasteiger partial charge in [-0.15, -0.1) is 0 Å². The maximum atomic E-state index is 9.32. The molecule has 0 N–H and O–H groups in total. The molecule has 0 saturated carbocycles. The van der Waals surface area contributed by atoms with Crippen molar-refractivity contribution in [3.8, 4) is 28.7 Å². The maximum Gasteiger partial charge on any atom is 0.140 e. The zero-order valence-corrected chi connectivity index (χ0v) is 20.8. The molecule has 0 unspecified atom stereocenters. The van der Waals surface area contributed by atoms with Gasteiger partial charge in [0.05, 0.1) is 17.0 Å². The van der Waals surface area contributed by atoms with Crippen molar-refractivity contribution in [2.24, 2.45) is 0 Å². The van der Waals surface area contributed by atoms with E-state index in [0.29, 0.717) is 5.56 Å². The van der Waals surface area contributed by atoms with Gasteiger partial charge in [0.2, 0.25) is 0 Å². The fourth-order valence-electron chi connectivity index (χ4n) is 6.60. The fraction of sp³-hybridized carbons (Fsp3) is 0.114. The quantitative estimate of drug-likeness (QED) is 0.239. The van der Waals surface area contributed by atoms with Gasteiger partial charge in [0.1, 0.15) is 11.5 Å². The number of benzene rings is 5. The van der Waals surface area contributed by atoms with E-state index in [9.17, 15) is 5.26 Å². The van der Waals surface area contributed by atoms with Gasteiger partial charge in [0, 0.05) is 22.1 Å². The summed E-state index contributed by atoms with van der Waals surface area (Å²) in [6.45, 7) is 4.66. The predicted molar refractivity (Wildman–Crippen MR) is 147 cm³/mol. The Morgan fingerprint density at radius 1 is 0.568 bits per heavy atom. The monoisotopic (exact) mass is 475 g/mol. The summed E-state index contributed by atoms with van der Waals surface area (Å²) in [4.78, 5) is 0. The Hall–Kier alpha value is -4.61. The third-order valence-corrected chi connectivity index (χ3v) is 8.26. The van der Waals surface area contributed by atoms with Gasteiger partial charge < -0.3 is 4.74 Å². The molecule has 0 aromatic heterocycles. The largest absolute Gasteiger partial charge is 0.456 e. The summed E-state index contributed by atoms with van der Waals surface area (Å²) in [5, 5.41) is 9.32. The van der Waals surface area contributed by atoms with Crippen LogP contribution in [0.1, 0.15) is 52.8 Å². The lowest BCUT2D eigenvalue weighted by Crippen LogP contribution is -2.43. The van der Waals surface area contributed by atoms with Crippen LogP contribution in [-0.2, 0) is 10.8 Å². The van der Waals surface area contributed by atoms with E-state index >= 15 is 0 Å². The highest BCUT2D eigenvalue weighted by atomic mass is 16.5. The molecule has 0 fully saturated rings. The molecule has 176 valence electrons. The lowest BCUT2D eigenvalue weighted by atomic mass is 9.53. The SMILES string of the molecule is CC1(C)c2ccccc2C2(c3ccccc3Oc3c(-c4ccc(C#N)cc4)cccc32)c2ccccc21. The molecule has 1 spiro atoms. The van der Waals surface area contributed by atoms with Gasteiger partial charge >= 0.3 is 0 Å². The van der Waals surface area contributed by atoms with Crippen molar-refractivity contribution in [3.63, 3.8) is 0 Å². The van der Waals surface area contributed by atoms with E-state index in [4.69, 9.17) is 4.74 Å². The standard InChI is InChI=1S/C35H25NO/c1-34(2)26-11-3-5-13-28(26)35(29-14-6-4-12-27(29)34)30-15-7-8-17-32(30)37-33-25(10-9-16-31(33)35)24-20-18-23(22-36)19-21-24/h3-21H,1-2H3. The van der Waals surface area contributed by atoms with Crippen LogP contribution in [-0.4, -0.2) is 0 Å². The second kappa shape index (κ2) is 7.69. The van der Waals surface area contributed by atoms with Crippen LogP contribution in [0.4, 0.5) is 0 Å². The summed E-state index contributed by atoms with van der Waals surface area (Å²) in [5.41, 5.74) is 9.61. The normalized spacial score (nSPS) is 15.4. The Kier molecular flexibility index (Phi) is 4.50. The molecule has 2 nitrogen and oxygen atoms in total. The van der Waals surface area contributed by atoms with Crippen LogP contribution in [0.3, 0.4) is 0 Å². The number of para-hydroxylation sites is 2. The van der Waals surface area contributed by atoms with Crippen molar-refractivity contribution >= 4 is 0 Å². The molecule has 0 atom stereocenters. The summed E-state index contributed by atoms with van der Waals surface area (Å²) in [6, 6.07) is 42.7. The van der Waals surface area contributed by atoms with Crippen molar-refractivity contribution in [1.82, 2.24) is 0 Å². The second-order valence-corrected chi connectivity index (χ2v) is 10.4. The number of nitrogens with zero attached hydrogens (tertiary/aromatic N) is 1. The van der Waals surface area contributed by atoms with E-state index in [2.05, 4.69) is 105 Å². The van der Waals surface area contributed by atoms with Crippen LogP contribution < -0.4 is 4.74 Å². The van der Waals surface area contributed by atoms with Crippen LogP contribution in [0.5, 0.6) is 11.5 Å². The second-order valence-electron chi connectivity index (χ2n) is 10.4. The summed E-state index contributed by atoms with van der Waals surface area (Å²) in [5.74, 6) is 1.75. The first-order valence-corrected chi connectivity index (χ1v) is 12.7. The Balaban J connectivity index is 1.64. The molecular formula is C35H25NO. The molecule has 37 heavy (non-hydrogen) atoms. The van der Waals surface area contributed by atoms with Gasteiger partial charge in [-0.3, -0.25) is 0 Å².